The monoisotopic (exact) mass is 511 g/mol. The third kappa shape index (κ3) is 11.4. The van der Waals surface area contributed by atoms with Gasteiger partial charge in [-0.1, -0.05) is 57.2 Å². The van der Waals surface area contributed by atoms with E-state index >= 15 is 0 Å². The van der Waals surface area contributed by atoms with Gasteiger partial charge in [0.25, 0.3) is 0 Å². The van der Waals surface area contributed by atoms with Crippen molar-refractivity contribution < 1.29 is 23.8 Å². The second-order valence-corrected chi connectivity index (χ2v) is 11.7. The highest BCUT2D eigenvalue weighted by atomic mass is 16.6. The van der Waals surface area contributed by atoms with E-state index in [-0.39, 0.29) is 24.5 Å². The maximum atomic E-state index is 12.2. The van der Waals surface area contributed by atoms with Gasteiger partial charge in [-0.25, -0.2) is 14.6 Å². The Labute approximate surface area is 220 Å². The Morgan fingerprint density at radius 3 is 1.78 bits per heavy atom. The number of alkyl carbamates (subject to hydrolysis) is 2. The number of nitrogens with one attached hydrogen (secondary N) is 2. The van der Waals surface area contributed by atoms with Gasteiger partial charge in [-0.15, -0.1) is 0 Å². The van der Waals surface area contributed by atoms with Gasteiger partial charge in [0.2, 0.25) is 5.96 Å². The Morgan fingerprint density at radius 2 is 1.30 bits per heavy atom. The van der Waals surface area contributed by atoms with Gasteiger partial charge >= 0.3 is 12.2 Å². The van der Waals surface area contributed by atoms with Crippen molar-refractivity contribution in [2.45, 2.75) is 78.9 Å². The molecule has 0 radical (unpaired) electrons. The molecule has 8 nitrogen and oxygen atoms in total. The summed E-state index contributed by atoms with van der Waals surface area (Å²) in [5.41, 5.74) is 2.10. The van der Waals surface area contributed by atoms with Crippen LogP contribution in [0.5, 0.6) is 5.75 Å². The zero-order chi connectivity index (χ0) is 27.9. The number of carbonyl (C=O) groups is 2. The summed E-state index contributed by atoms with van der Waals surface area (Å²) in [6.45, 7) is 17.4. The van der Waals surface area contributed by atoms with E-state index in [4.69, 9.17) is 14.2 Å². The Bertz CT molecular complexity index is 1060. The first-order chi connectivity index (χ1) is 17.0. The molecule has 2 aromatic carbocycles. The topological polar surface area (TPSA) is 98.3 Å². The Kier molecular flexibility index (Phi) is 9.73. The van der Waals surface area contributed by atoms with Crippen LogP contribution in [0.3, 0.4) is 0 Å². The fourth-order valence-electron chi connectivity index (χ4n) is 3.16. The molecule has 0 saturated carbocycles. The first-order valence-electron chi connectivity index (χ1n) is 12.4. The van der Waals surface area contributed by atoms with Crippen LogP contribution < -0.4 is 15.4 Å². The van der Waals surface area contributed by atoms with Crippen molar-refractivity contribution in [3.05, 3.63) is 54.1 Å². The van der Waals surface area contributed by atoms with E-state index in [0.29, 0.717) is 5.75 Å². The third-order valence-corrected chi connectivity index (χ3v) is 4.79. The van der Waals surface area contributed by atoms with Crippen LogP contribution in [0.15, 0.2) is 53.5 Å². The number of amides is 2. The van der Waals surface area contributed by atoms with Crippen molar-refractivity contribution in [1.82, 2.24) is 10.6 Å². The SMILES string of the molecule is CC(C)(C)OC(=O)NC(=NCCOc1cccc(-c2ccc(C(C)(C)C)cc2)c1)NC(=O)OC(C)(C)C. The van der Waals surface area contributed by atoms with Crippen LogP contribution in [0.1, 0.15) is 67.9 Å². The maximum absolute atomic E-state index is 12.2. The molecule has 0 bridgehead atoms. The fourth-order valence-corrected chi connectivity index (χ4v) is 3.16. The van der Waals surface area contributed by atoms with Crippen molar-refractivity contribution in [3.63, 3.8) is 0 Å². The van der Waals surface area contributed by atoms with Gasteiger partial charge in [-0.05, 0) is 75.8 Å². The molecule has 37 heavy (non-hydrogen) atoms. The molecular formula is C29H41N3O5. The van der Waals surface area contributed by atoms with Crippen LogP contribution >= 0.6 is 0 Å². The fraction of sp³-hybridized carbons (Fsp3) is 0.483. The molecule has 0 aromatic heterocycles. The molecule has 0 fully saturated rings. The molecule has 0 aliphatic rings. The number of nitrogens with zero attached hydrogens (tertiary/aromatic N) is 1. The first-order valence-corrected chi connectivity index (χ1v) is 12.4. The summed E-state index contributed by atoms with van der Waals surface area (Å²) in [5.74, 6) is 0.606. The van der Waals surface area contributed by atoms with Crippen LogP contribution in [0.2, 0.25) is 0 Å². The quantitative estimate of drug-likeness (QED) is 0.274. The molecule has 2 N–H and O–H groups in total. The van der Waals surface area contributed by atoms with Crippen LogP contribution in [-0.2, 0) is 14.9 Å². The number of carbonyl (C=O) groups excluding carboxylic acids is 2. The summed E-state index contributed by atoms with van der Waals surface area (Å²) >= 11 is 0. The summed E-state index contributed by atoms with van der Waals surface area (Å²) in [5, 5.41) is 4.91. The lowest BCUT2D eigenvalue weighted by Crippen LogP contribution is -2.47. The summed E-state index contributed by atoms with van der Waals surface area (Å²) in [6.07, 6.45) is -1.48. The van der Waals surface area contributed by atoms with Gasteiger partial charge in [-0.3, -0.25) is 10.6 Å². The maximum Gasteiger partial charge on any atom is 0.414 e. The lowest BCUT2D eigenvalue weighted by molar-refractivity contribution is 0.0545. The standard InChI is InChI=1S/C29H41N3O5/c1-27(2,3)22-15-13-20(14-16-22)21-11-10-12-23(19-21)35-18-17-30-24(31-25(33)36-28(4,5)6)32-26(34)37-29(7,8)9/h10-16,19H,17-18H2,1-9H3,(H2,30,31,32,33,34). The van der Waals surface area contributed by atoms with E-state index in [0.717, 1.165) is 11.1 Å². The van der Waals surface area contributed by atoms with E-state index in [9.17, 15) is 9.59 Å². The predicted octanol–water partition coefficient (Wildman–Crippen LogP) is 6.44. The molecule has 0 aliphatic carbocycles. The van der Waals surface area contributed by atoms with E-state index in [1.807, 2.05) is 24.3 Å². The van der Waals surface area contributed by atoms with Gasteiger partial charge in [0.15, 0.2) is 0 Å². The number of rotatable bonds is 5. The molecule has 0 saturated heterocycles. The third-order valence-electron chi connectivity index (χ3n) is 4.79. The Balaban J connectivity index is 2.04. The minimum absolute atomic E-state index is 0.0835. The number of guanidine groups is 1. The van der Waals surface area contributed by atoms with Crippen molar-refractivity contribution in [1.29, 1.82) is 0 Å². The Morgan fingerprint density at radius 1 is 0.757 bits per heavy atom. The number of aliphatic imine (C=N–C) groups is 1. The normalized spacial score (nSPS) is 11.8. The zero-order valence-corrected chi connectivity index (χ0v) is 23.5. The van der Waals surface area contributed by atoms with Gasteiger partial charge in [0, 0.05) is 0 Å². The highest BCUT2D eigenvalue weighted by Crippen LogP contribution is 2.28. The molecule has 0 spiro atoms. The average Bonchev–Trinajstić information content (AvgIpc) is 2.73. The summed E-state index contributed by atoms with van der Waals surface area (Å²) < 4.78 is 16.4. The molecule has 2 amide bonds. The molecule has 0 unspecified atom stereocenters. The van der Waals surface area contributed by atoms with Crippen molar-refractivity contribution in [3.8, 4) is 16.9 Å². The summed E-state index contributed by atoms with van der Waals surface area (Å²) in [6, 6.07) is 16.3. The average molecular weight is 512 g/mol. The van der Waals surface area contributed by atoms with Crippen LogP contribution in [0.4, 0.5) is 9.59 Å². The molecule has 202 valence electrons. The summed E-state index contributed by atoms with van der Waals surface area (Å²) in [4.78, 5) is 28.7. The lowest BCUT2D eigenvalue weighted by atomic mass is 9.86. The molecule has 0 heterocycles. The van der Waals surface area contributed by atoms with Gasteiger partial charge in [0.05, 0.1) is 6.54 Å². The first kappa shape index (κ1) is 29.7. The molecule has 0 aliphatic heterocycles. The smallest absolute Gasteiger partial charge is 0.414 e. The number of ether oxygens (including phenoxy) is 3. The largest absolute Gasteiger partial charge is 0.492 e. The zero-order valence-electron chi connectivity index (χ0n) is 23.5. The van der Waals surface area contributed by atoms with Crippen molar-refractivity contribution in [2.75, 3.05) is 13.2 Å². The molecule has 0 atom stereocenters. The van der Waals surface area contributed by atoms with E-state index in [1.54, 1.807) is 41.5 Å². The molecular weight excluding hydrogens is 470 g/mol. The van der Waals surface area contributed by atoms with Gasteiger partial charge < -0.3 is 14.2 Å². The van der Waals surface area contributed by atoms with Crippen molar-refractivity contribution >= 4 is 18.1 Å². The van der Waals surface area contributed by atoms with E-state index < -0.39 is 23.4 Å². The van der Waals surface area contributed by atoms with E-state index in [1.165, 1.54) is 5.56 Å². The predicted molar refractivity (Wildman–Crippen MR) is 147 cm³/mol. The van der Waals surface area contributed by atoms with Gasteiger partial charge in [-0.2, -0.15) is 0 Å². The second-order valence-electron chi connectivity index (χ2n) is 11.7. The van der Waals surface area contributed by atoms with Crippen molar-refractivity contribution in [2.24, 2.45) is 4.99 Å². The minimum Gasteiger partial charge on any atom is -0.492 e. The van der Waals surface area contributed by atoms with E-state index in [2.05, 4.69) is 60.7 Å². The van der Waals surface area contributed by atoms with Crippen LogP contribution in [0, 0.1) is 0 Å². The molecule has 2 aromatic rings. The lowest BCUT2D eigenvalue weighted by Gasteiger charge is -2.22. The summed E-state index contributed by atoms with van der Waals surface area (Å²) in [7, 11) is 0. The van der Waals surface area contributed by atoms with Gasteiger partial charge in [0.1, 0.15) is 23.6 Å². The number of benzene rings is 2. The Hall–Kier alpha value is -3.55. The number of hydrogen-bond donors (Lipinski definition) is 2. The number of hydrogen-bond acceptors (Lipinski definition) is 6. The minimum atomic E-state index is -0.742. The van der Waals surface area contributed by atoms with Crippen LogP contribution in [-0.4, -0.2) is 42.5 Å². The highest BCUT2D eigenvalue weighted by molar-refractivity contribution is 6.01. The highest BCUT2D eigenvalue weighted by Gasteiger charge is 2.21. The van der Waals surface area contributed by atoms with Crippen LogP contribution in [0.25, 0.3) is 11.1 Å². The second kappa shape index (κ2) is 12.1. The molecule has 2 rings (SSSR count). The molecule has 8 heteroatoms.